The first kappa shape index (κ1) is 8.80. The molecule has 1 atom stereocenters. The van der Waals surface area contributed by atoms with Crippen molar-refractivity contribution in [1.29, 1.82) is 0 Å². The van der Waals surface area contributed by atoms with Gasteiger partial charge >= 0.3 is 0 Å². The standard InChI is InChI=1S/C12H14N2O/c15-12-8(10-2-1-6-13-10)3-4-11-9(12)5-7-14-11/h3-5,7,10,13-15H,1-2,6H2/t10-/m1/s1. The number of fused-ring (bicyclic) bond motifs is 1. The topological polar surface area (TPSA) is 48.0 Å². The molecule has 0 aliphatic carbocycles. The van der Waals surface area contributed by atoms with E-state index in [9.17, 15) is 5.11 Å². The number of phenols is 1. The fourth-order valence-corrected chi connectivity index (χ4v) is 2.37. The molecule has 0 bridgehead atoms. The minimum absolute atomic E-state index is 0.323. The maximum atomic E-state index is 10.1. The third-order valence-corrected chi connectivity index (χ3v) is 3.17. The normalized spacial score (nSPS) is 21.2. The van der Waals surface area contributed by atoms with Crippen molar-refractivity contribution in [3.8, 4) is 5.75 Å². The summed E-state index contributed by atoms with van der Waals surface area (Å²) in [5.41, 5.74) is 2.02. The molecule has 2 aromatic rings. The molecule has 0 saturated carbocycles. The van der Waals surface area contributed by atoms with Crippen molar-refractivity contribution >= 4 is 10.9 Å². The zero-order valence-electron chi connectivity index (χ0n) is 8.46. The highest BCUT2D eigenvalue weighted by Crippen LogP contribution is 2.35. The minimum atomic E-state index is 0.323. The lowest BCUT2D eigenvalue weighted by Crippen LogP contribution is -2.12. The Morgan fingerprint density at radius 1 is 1.27 bits per heavy atom. The Balaban J connectivity index is 2.13. The van der Waals surface area contributed by atoms with Gasteiger partial charge in [0.05, 0.1) is 0 Å². The van der Waals surface area contributed by atoms with Gasteiger partial charge in [0.25, 0.3) is 0 Å². The number of benzene rings is 1. The number of aromatic amines is 1. The number of rotatable bonds is 1. The molecule has 1 aromatic heterocycles. The van der Waals surface area contributed by atoms with Crippen molar-refractivity contribution in [3.05, 3.63) is 30.0 Å². The molecular weight excluding hydrogens is 188 g/mol. The number of phenolic OH excluding ortho intramolecular Hbond substituents is 1. The number of nitrogens with one attached hydrogen (secondary N) is 2. The van der Waals surface area contributed by atoms with Gasteiger partial charge in [-0.25, -0.2) is 0 Å². The molecule has 3 N–H and O–H groups in total. The third kappa shape index (κ3) is 1.31. The summed E-state index contributed by atoms with van der Waals surface area (Å²) in [6.07, 6.45) is 4.16. The molecule has 0 radical (unpaired) electrons. The molecule has 2 heterocycles. The summed E-state index contributed by atoms with van der Waals surface area (Å²) < 4.78 is 0. The van der Waals surface area contributed by atoms with Gasteiger partial charge in [-0.15, -0.1) is 0 Å². The monoisotopic (exact) mass is 202 g/mol. The van der Waals surface area contributed by atoms with E-state index in [0.29, 0.717) is 11.8 Å². The van der Waals surface area contributed by atoms with Gasteiger partial charge < -0.3 is 15.4 Å². The molecule has 3 rings (SSSR count). The van der Waals surface area contributed by atoms with Crippen LogP contribution < -0.4 is 5.32 Å². The number of aromatic hydroxyl groups is 1. The molecule has 1 aliphatic heterocycles. The van der Waals surface area contributed by atoms with E-state index < -0.39 is 0 Å². The summed E-state index contributed by atoms with van der Waals surface area (Å²) >= 11 is 0. The Morgan fingerprint density at radius 3 is 3.00 bits per heavy atom. The summed E-state index contributed by atoms with van der Waals surface area (Å²) in [5.74, 6) is 0.424. The van der Waals surface area contributed by atoms with Gasteiger partial charge in [0, 0.05) is 28.7 Å². The number of hydrogen-bond acceptors (Lipinski definition) is 2. The highest BCUT2D eigenvalue weighted by Gasteiger charge is 2.20. The summed E-state index contributed by atoms with van der Waals surface area (Å²) in [7, 11) is 0. The van der Waals surface area contributed by atoms with E-state index in [1.54, 1.807) is 0 Å². The second kappa shape index (κ2) is 3.28. The maximum Gasteiger partial charge on any atom is 0.129 e. The second-order valence-corrected chi connectivity index (χ2v) is 4.09. The molecule has 1 fully saturated rings. The summed E-state index contributed by atoms with van der Waals surface area (Å²) in [6.45, 7) is 1.05. The second-order valence-electron chi connectivity index (χ2n) is 4.09. The molecular formula is C12H14N2O. The van der Waals surface area contributed by atoms with E-state index in [0.717, 1.165) is 29.4 Å². The van der Waals surface area contributed by atoms with Gasteiger partial charge in [0.15, 0.2) is 0 Å². The molecule has 15 heavy (non-hydrogen) atoms. The zero-order valence-corrected chi connectivity index (χ0v) is 8.46. The number of H-pyrrole nitrogens is 1. The molecule has 1 saturated heterocycles. The van der Waals surface area contributed by atoms with Crippen LogP contribution >= 0.6 is 0 Å². The summed E-state index contributed by atoms with van der Waals surface area (Å²) in [4.78, 5) is 3.10. The van der Waals surface area contributed by atoms with E-state index in [1.165, 1.54) is 6.42 Å². The lowest BCUT2D eigenvalue weighted by molar-refractivity contribution is 0.463. The van der Waals surface area contributed by atoms with E-state index in [1.807, 2.05) is 24.4 Å². The Kier molecular flexibility index (Phi) is 1.92. The first-order chi connectivity index (χ1) is 7.36. The van der Waals surface area contributed by atoms with E-state index in [-0.39, 0.29) is 0 Å². The number of hydrogen-bond donors (Lipinski definition) is 3. The van der Waals surface area contributed by atoms with Crippen LogP contribution in [0.1, 0.15) is 24.4 Å². The fourth-order valence-electron chi connectivity index (χ4n) is 2.37. The molecule has 78 valence electrons. The molecule has 0 amide bonds. The molecule has 0 unspecified atom stereocenters. The highest BCUT2D eigenvalue weighted by molar-refractivity contribution is 5.87. The van der Waals surface area contributed by atoms with E-state index in [4.69, 9.17) is 0 Å². The molecule has 3 nitrogen and oxygen atoms in total. The Hall–Kier alpha value is -1.48. The van der Waals surface area contributed by atoms with Crippen LogP contribution in [-0.2, 0) is 0 Å². The van der Waals surface area contributed by atoms with Crippen LogP contribution in [0.2, 0.25) is 0 Å². The molecule has 0 spiro atoms. The fraction of sp³-hybridized carbons (Fsp3) is 0.333. The van der Waals surface area contributed by atoms with Gasteiger partial charge in [0.2, 0.25) is 0 Å². The van der Waals surface area contributed by atoms with Crippen LogP contribution in [0.15, 0.2) is 24.4 Å². The number of aromatic nitrogens is 1. The predicted molar refractivity (Wildman–Crippen MR) is 59.9 cm³/mol. The first-order valence-corrected chi connectivity index (χ1v) is 5.38. The van der Waals surface area contributed by atoms with E-state index >= 15 is 0 Å². The van der Waals surface area contributed by atoms with Crippen LogP contribution in [0, 0.1) is 0 Å². The lowest BCUT2D eigenvalue weighted by atomic mass is 10.0. The van der Waals surface area contributed by atoms with Gasteiger partial charge in [-0.05, 0) is 31.5 Å². The SMILES string of the molecule is Oc1c([C@H]2CCCN2)ccc2[nH]ccc12. The molecule has 1 aliphatic rings. The van der Waals surface area contributed by atoms with Crippen molar-refractivity contribution < 1.29 is 5.11 Å². The van der Waals surface area contributed by atoms with Crippen molar-refractivity contribution in [1.82, 2.24) is 10.3 Å². The Morgan fingerprint density at radius 2 is 2.20 bits per heavy atom. The minimum Gasteiger partial charge on any atom is -0.507 e. The summed E-state index contributed by atoms with van der Waals surface area (Å²) in [6, 6.07) is 6.29. The largest absolute Gasteiger partial charge is 0.507 e. The van der Waals surface area contributed by atoms with Crippen molar-refractivity contribution in [2.45, 2.75) is 18.9 Å². The first-order valence-electron chi connectivity index (χ1n) is 5.38. The van der Waals surface area contributed by atoms with Crippen molar-refractivity contribution in [2.24, 2.45) is 0 Å². The third-order valence-electron chi connectivity index (χ3n) is 3.17. The van der Waals surface area contributed by atoms with E-state index in [2.05, 4.69) is 10.3 Å². The quantitative estimate of drug-likeness (QED) is 0.664. The molecule has 3 heteroatoms. The highest BCUT2D eigenvalue weighted by atomic mass is 16.3. The average Bonchev–Trinajstić information content (AvgIpc) is 2.87. The zero-order chi connectivity index (χ0) is 10.3. The van der Waals surface area contributed by atoms with Crippen LogP contribution in [0.5, 0.6) is 5.75 Å². The van der Waals surface area contributed by atoms with Gasteiger partial charge in [-0.3, -0.25) is 0 Å². The molecule has 1 aromatic carbocycles. The Bertz CT molecular complexity index is 483. The van der Waals surface area contributed by atoms with Crippen LogP contribution in [0.4, 0.5) is 0 Å². The van der Waals surface area contributed by atoms with Gasteiger partial charge in [-0.1, -0.05) is 6.07 Å². The van der Waals surface area contributed by atoms with Crippen LogP contribution in [0.3, 0.4) is 0 Å². The van der Waals surface area contributed by atoms with Crippen molar-refractivity contribution in [3.63, 3.8) is 0 Å². The average molecular weight is 202 g/mol. The lowest BCUT2D eigenvalue weighted by Gasteiger charge is -2.12. The summed E-state index contributed by atoms with van der Waals surface area (Å²) in [5, 5.41) is 14.5. The maximum absolute atomic E-state index is 10.1. The smallest absolute Gasteiger partial charge is 0.129 e. The predicted octanol–water partition coefficient (Wildman–Crippen LogP) is 2.30. The van der Waals surface area contributed by atoms with Gasteiger partial charge in [-0.2, -0.15) is 0 Å². The van der Waals surface area contributed by atoms with Crippen molar-refractivity contribution in [2.75, 3.05) is 6.54 Å². The Labute approximate surface area is 88.1 Å². The van der Waals surface area contributed by atoms with Gasteiger partial charge in [0.1, 0.15) is 5.75 Å². The van der Waals surface area contributed by atoms with Crippen LogP contribution in [0.25, 0.3) is 10.9 Å². The van der Waals surface area contributed by atoms with Crippen LogP contribution in [-0.4, -0.2) is 16.6 Å².